The number of benzene rings is 2. The van der Waals surface area contributed by atoms with Crippen LogP contribution in [0.2, 0.25) is 5.02 Å². The summed E-state index contributed by atoms with van der Waals surface area (Å²) in [6, 6.07) is 13.4. The summed E-state index contributed by atoms with van der Waals surface area (Å²) in [5.41, 5.74) is 2.46. The van der Waals surface area contributed by atoms with Gasteiger partial charge in [0.05, 0.1) is 6.54 Å². The van der Waals surface area contributed by atoms with Crippen LogP contribution in [0, 0.1) is 6.92 Å². The van der Waals surface area contributed by atoms with E-state index in [9.17, 15) is 9.59 Å². The molecule has 2 heterocycles. The van der Waals surface area contributed by atoms with Crippen LogP contribution in [-0.2, 0) is 11.3 Å². The van der Waals surface area contributed by atoms with Crippen molar-refractivity contribution in [2.45, 2.75) is 26.4 Å². The minimum absolute atomic E-state index is 0.0541. The molecule has 7 nitrogen and oxygen atoms in total. The summed E-state index contributed by atoms with van der Waals surface area (Å²) in [6.45, 7) is 3.61. The minimum atomic E-state index is -0.599. The Balaban J connectivity index is 1.55. The number of hydrogen-bond donors (Lipinski definition) is 0. The van der Waals surface area contributed by atoms with Gasteiger partial charge in [0.2, 0.25) is 0 Å². The number of aryl methyl sites for hydroxylation is 1. The van der Waals surface area contributed by atoms with Crippen LogP contribution >= 0.6 is 11.6 Å². The first-order chi connectivity index (χ1) is 13.4. The van der Waals surface area contributed by atoms with Crippen molar-refractivity contribution < 1.29 is 14.1 Å². The Morgan fingerprint density at radius 2 is 1.75 bits per heavy atom. The van der Waals surface area contributed by atoms with Gasteiger partial charge in [-0.25, -0.2) is 4.79 Å². The van der Waals surface area contributed by atoms with Gasteiger partial charge in [0.15, 0.2) is 5.82 Å². The molecule has 0 radical (unpaired) electrons. The first-order valence-corrected chi connectivity index (χ1v) is 9.11. The van der Waals surface area contributed by atoms with Crippen LogP contribution in [0.15, 0.2) is 53.1 Å². The Kier molecular flexibility index (Phi) is 4.60. The average molecular weight is 397 g/mol. The summed E-state index contributed by atoms with van der Waals surface area (Å²) in [6.07, 6.45) is 0. The lowest BCUT2D eigenvalue weighted by molar-refractivity contribution is -0.127. The highest BCUT2D eigenvalue weighted by molar-refractivity contribution is 6.30. The van der Waals surface area contributed by atoms with Crippen molar-refractivity contribution in [1.82, 2.24) is 15.0 Å². The van der Waals surface area contributed by atoms with Crippen molar-refractivity contribution in [2.24, 2.45) is 0 Å². The van der Waals surface area contributed by atoms with Gasteiger partial charge in [-0.2, -0.15) is 4.98 Å². The second-order valence-electron chi connectivity index (χ2n) is 6.61. The smallest absolute Gasteiger partial charge is 0.332 e. The van der Waals surface area contributed by atoms with Gasteiger partial charge in [-0.3, -0.25) is 14.6 Å². The fourth-order valence-electron chi connectivity index (χ4n) is 3.08. The summed E-state index contributed by atoms with van der Waals surface area (Å²) >= 11 is 5.88. The third-order valence-corrected chi connectivity index (χ3v) is 4.87. The van der Waals surface area contributed by atoms with E-state index in [0.29, 0.717) is 22.2 Å². The lowest BCUT2D eigenvalue weighted by atomic mass is 10.2. The molecule has 1 saturated heterocycles. The van der Waals surface area contributed by atoms with Gasteiger partial charge in [-0.1, -0.05) is 34.5 Å². The maximum atomic E-state index is 12.9. The predicted molar refractivity (Wildman–Crippen MR) is 104 cm³/mol. The molecule has 0 saturated carbocycles. The van der Waals surface area contributed by atoms with Gasteiger partial charge in [0.25, 0.3) is 11.8 Å². The molecule has 28 heavy (non-hydrogen) atoms. The molecule has 1 aliphatic rings. The van der Waals surface area contributed by atoms with Gasteiger partial charge < -0.3 is 4.52 Å². The second kappa shape index (κ2) is 7.09. The molecule has 4 rings (SSSR count). The van der Waals surface area contributed by atoms with Crippen LogP contribution in [0.3, 0.4) is 0 Å². The zero-order valence-corrected chi connectivity index (χ0v) is 16.1. The van der Waals surface area contributed by atoms with Crippen molar-refractivity contribution in [1.29, 1.82) is 0 Å². The molecule has 0 aliphatic carbocycles. The van der Waals surface area contributed by atoms with E-state index in [0.717, 1.165) is 10.5 Å². The Morgan fingerprint density at radius 3 is 2.43 bits per heavy atom. The summed E-state index contributed by atoms with van der Waals surface area (Å²) in [7, 11) is 0. The number of rotatable bonds is 4. The first-order valence-electron chi connectivity index (χ1n) is 8.74. The highest BCUT2D eigenvalue weighted by Crippen LogP contribution is 2.27. The normalized spacial score (nSPS) is 16.9. The highest BCUT2D eigenvalue weighted by atomic mass is 35.5. The number of aromatic nitrogens is 2. The number of halogens is 1. The molecular formula is C20H17ClN4O3. The molecule has 2 aromatic carbocycles. The van der Waals surface area contributed by atoms with Gasteiger partial charge in [-0.15, -0.1) is 0 Å². The summed E-state index contributed by atoms with van der Waals surface area (Å²) < 4.78 is 5.26. The third-order valence-electron chi connectivity index (χ3n) is 4.62. The zero-order chi connectivity index (χ0) is 19.8. The van der Waals surface area contributed by atoms with Crippen LogP contribution in [0.4, 0.5) is 10.5 Å². The molecule has 0 N–H and O–H groups in total. The van der Waals surface area contributed by atoms with Crippen LogP contribution in [-0.4, -0.2) is 33.0 Å². The van der Waals surface area contributed by atoms with Crippen molar-refractivity contribution in [3.8, 4) is 11.5 Å². The average Bonchev–Trinajstić information content (AvgIpc) is 3.23. The van der Waals surface area contributed by atoms with E-state index in [4.69, 9.17) is 16.1 Å². The van der Waals surface area contributed by atoms with Crippen LogP contribution in [0.1, 0.15) is 18.3 Å². The molecule has 8 heteroatoms. The number of carbonyl (C=O) groups excluding carboxylic acids is 2. The van der Waals surface area contributed by atoms with Crippen molar-refractivity contribution in [3.63, 3.8) is 0 Å². The Labute approximate surface area is 166 Å². The predicted octanol–water partition coefficient (Wildman–Crippen LogP) is 4.06. The molecule has 1 atom stereocenters. The Morgan fingerprint density at radius 1 is 1.07 bits per heavy atom. The SMILES string of the molecule is Cc1ccc(N2C(=O)N(Cc3noc(-c4ccc(Cl)cc4)n3)C(=O)[C@@H]2C)cc1. The third kappa shape index (κ3) is 3.25. The van der Waals surface area contributed by atoms with Gasteiger partial charge >= 0.3 is 6.03 Å². The standard InChI is InChI=1S/C20H17ClN4O3/c1-12-3-9-16(10-4-12)25-13(2)19(26)24(20(25)27)11-17-22-18(28-23-17)14-5-7-15(21)8-6-14/h3-10,13H,11H2,1-2H3/t13-/m0/s1. The van der Waals surface area contributed by atoms with Crippen molar-refractivity contribution in [3.05, 3.63) is 64.9 Å². The Hall–Kier alpha value is -3.19. The van der Waals surface area contributed by atoms with Gasteiger partial charge in [0, 0.05) is 16.3 Å². The monoisotopic (exact) mass is 396 g/mol. The lowest BCUT2D eigenvalue weighted by Crippen LogP contribution is -2.33. The van der Waals surface area contributed by atoms with Crippen molar-refractivity contribution >= 4 is 29.2 Å². The highest BCUT2D eigenvalue weighted by Gasteiger charge is 2.43. The number of nitrogens with zero attached hydrogens (tertiary/aromatic N) is 4. The molecule has 142 valence electrons. The van der Waals surface area contributed by atoms with Gasteiger partial charge in [0.1, 0.15) is 6.04 Å². The van der Waals surface area contributed by atoms with E-state index in [2.05, 4.69) is 10.1 Å². The molecule has 3 aromatic rings. The van der Waals surface area contributed by atoms with E-state index in [1.165, 1.54) is 4.90 Å². The molecular weight excluding hydrogens is 380 g/mol. The van der Waals surface area contributed by atoms with E-state index in [-0.39, 0.29) is 18.3 Å². The molecule has 0 bridgehead atoms. The zero-order valence-electron chi connectivity index (χ0n) is 15.3. The summed E-state index contributed by atoms with van der Waals surface area (Å²) in [5.74, 6) is 0.252. The second-order valence-corrected chi connectivity index (χ2v) is 7.05. The number of urea groups is 1. The lowest BCUT2D eigenvalue weighted by Gasteiger charge is -2.19. The topological polar surface area (TPSA) is 79.5 Å². The summed E-state index contributed by atoms with van der Waals surface area (Å²) in [5, 5.41) is 4.50. The van der Waals surface area contributed by atoms with Crippen LogP contribution < -0.4 is 4.90 Å². The molecule has 1 fully saturated rings. The van der Waals surface area contributed by atoms with Gasteiger partial charge in [-0.05, 0) is 50.2 Å². The number of hydrogen-bond acceptors (Lipinski definition) is 5. The first kappa shape index (κ1) is 18.2. The quantitative estimate of drug-likeness (QED) is 0.621. The molecule has 3 amide bonds. The number of anilines is 1. The Bertz CT molecular complexity index is 1030. The van der Waals surface area contributed by atoms with E-state index < -0.39 is 12.1 Å². The molecule has 0 spiro atoms. The minimum Gasteiger partial charge on any atom is -0.334 e. The largest absolute Gasteiger partial charge is 0.334 e. The molecule has 0 unspecified atom stereocenters. The van der Waals surface area contributed by atoms with E-state index in [1.807, 2.05) is 31.2 Å². The number of amides is 3. The van der Waals surface area contributed by atoms with Crippen LogP contribution in [0.5, 0.6) is 0 Å². The number of carbonyl (C=O) groups is 2. The van der Waals surface area contributed by atoms with Crippen molar-refractivity contribution in [2.75, 3.05) is 4.90 Å². The molecule has 1 aromatic heterocycles. The maximum Gasteiger partial charge on any atom is 0.332 e. The molecule has 1 aliphatic heterocycles. The van der Waals surface area contributed by atoms with Crippen LogP contribution in [0.25, 0.3) is 11.5 Å². The van der Waals surface area contributed by atoms with E-state index in [1.54, 1.807) is 31.2 Å². The fourth-order valence-corrected chi connectivity index (χ4v) is 3.21. The number of imide groups is 1. The fraction of sp³-hybridized carbons (Fsp3) is 0.200. The summed E-state index contributed by atoms with van der Waals surface area (Å²) in [4.78, 5) is 32.4. The maximum absolute atomic E-state index is 12.9. The van der Waals surface area contributed by atoms with E-state index >= 15 is 0 Å².